The van der Waals surface area contributed by atoms with Crippen LogP contribution < -0.4 is 0 Å². The Morgan fingerprint density at radius 3 is 0.800 bits per heavy atom. The zero-order chi connectivity index (χ0) is 70.0. The van der Waals surface area contributed by atoms with Crippen LogP contribution in [0.15, 0.2) is 0 Å². The fourth-order valence-corrected chi connectivity index (χ4v) is 13.2. The van der Waals surface area contributed by atoms with Gasteiger partial charge in [0, 0.05) is 25.7 Å². The van der Waals surface area contributed by atoms with Gasteiger partial charge < -0.3 is 33.8 Å². The van der Waals surface area contributed by atoms with E-state index in [1.807, 2.05) is 0 Å². The quantitative estimate of drug-likeness (QED) is 0.0222. The van der Waals surface area contributed by atoms with Crippen molar-refractivity contribution in [2.75, 3.05) is 39.6 Å². The summed E-state index contributed by atoms with van der Waals surface area (Å²) < 4.78 is 68.3. The van der Waals surface area contributed by atoms with Crippen molar-refractivity contribution in [2.45, 2.75) is 413 Å². The Kier molecular flexibility index (Phi) is 66.5. The van der Waals surface area contributed by atoms with Gasteiger partial charge in [0.1, 0.15) is 19.3 Å². The lowest BCUT2D eigenvalue weighted by Crippen LogP contribution is -2.30. The Morgan fingerprint density at radius 1 is 0.305 bits per heavy atom. The number of aliphatic hydroxyl groups excluding tert-OH is 1. The third-order valence-electron chi connectivity index (χ3n) is 18.1. The van der Waals surface area contributed by atoms with E-state index in [4.69, 9.17) is 37.0 Å². The fraction of sp³-hybridized carbons (Fsp3) is 0.947. The van der Waals surface area contributed by atoms with Crippen molar-refractivity contribution in [1.82, 2.24) is 0 Å². The molecule has 6 atom stereocenters. The lowest BCUT2D eigenvalue weighted by atomic mass is 9.99. The molecular weight excluding hydrogens is 1250 g/mol. The summed E-state index contributed by atoms with van der Waals surface area (Å²) in [5.74, 6) is -0.525. The van der Waals surface area contributed by atoms with Gasteiger partial charge >= 0.3 is 39.5 Å². The molecule has 0 saturated heterocycles. The minimum Gasteiger partial charge on any atom is -0.462 e. The first-order chi connectivity index (χ1) is 45.9. The van der Waals surface area contributed by atoms with Gasteiger partial charge in [-0.25, -0.2) is 9.13 Å². The molecule has 0 aromatic heterocycles. The van der Waals surface area contributed by atoms with Crippen molar-refractivity contribution in [3.8, 4) is 0 Å². The van der Waals surface area contributed by atoms with E-state index in [1.54, 1.807) is 0 Å². The summed E-state index contributed by atoms with van der Waals surface area (Å²) in [5.41, 5.74) is 0. The average Bonchev–Trinajstić information content (AvgIpc) is 1.83. The predicted octanol–water partition coefficient (Wildman–Crippen LogP) is 22.3. The zero-order valence-corrected chi connectivity index (χ0v) is 63.8. The molecular formula is C76H148O17P2. The lowest BCUT2D eigenvalue weighted by Gasteiger charge is -2.21. The van der Waals surface area contributed by atoms with Crippen molar-refractivity contribution in [1.29, 1.82) is 0 Å². The summed E-state index contributed by atoms with van der Waals surface area (Å²) in [4.78, 5) is 72.5. The molecule has 0 rings (SSSR count). The number of aliphatic hydroxyl groups is 1. The summed E-state index contributed by atoms with van der Waals surface area (Å²) in [6, 6.07) is 0. The van der Waals surface area contributed by atoms with Crippen LogP contribution in [0.25, 0.3) is 0 Å². The fourth-order valence-electron chi connectivity index (χ4n) is 11.6. The number of phosphoric acid groups is 2. The molecule has 0 heterocycles. The SMILES string of the molecule is CCCCCCCCCCCCCCCCCCCCCC(=O)O[C@H](COC(=O)CCCCCCCCCCCCCCCCC(C)CC)COP(=O)(O)OC[C@@H](O)COP(=O)(O)OC[C@@H](COC(=O)CCCCCCC)OC(=O)CCCCCCCCCCCCC(C)C. The predicted molar refractivity (Wildman–Crippen MR) is 386 cm³/mol. The van der Waals surface area contributed by atoms with Gasteiger partial charge in [-0.1, -0.05) is 343 Å². The zero-order valence-electron chi connectivity index (χ0n) is 62.0. The molecule has 0 aromatic carbocycles. The highest BCUT2D eigenvalue weighted by Crippen LogP contribution is 2.45. The monoisotopic (exact) mass is 1400 g/mol. The second-order valence-corrected chi connectivity index (χ2v) is 31.0. The molecule has 3 N–H and O–H groups in total. The van der Waals surface area contributed by atoms with Crippen molar-refractivity contribution in [3.05, 3.63) is 0 Å². The molecule has 0 bridgehead atoms. The highest BCUT2D eigenvalue weighted by Gasteiger charge is 2.30. The number of phosphoric ester groups is 2. The number of rotatable bonds is 75. The van der Waals surface area contributed by atoms with Gasteiger partial charge in [0.15, 0.2) is 12.2 Å². The molecule has 0 aliphatic rings. The van der Waals surface area contributed by atoms with E-state index in [-0.39, 0.29) is 25.7 Å². The third kappa shape index (κ3) is 69.0. The van der Waals surface area contributed by atoms with Crippen LogP contribution in [0.3, 0.4) is 0 Å². The van der Waals surface area contributed by atoms with Gasteiger partial charge in [0.2, 0.25) is 0 Å². The largest absolute Gasteiger partial charge is 0.472 e. The van der Waals surface area contributed by atoms with Crippen molar-refractivity contribution < 1.29 is 80.2 Å². The summed E-state index contributed by atoms with van der Waals surface area (Å²) >= 11 is 0. The van der Waals surface area contributed by atoms with E-state index in [1.165, 1.54) is 205 Å². The number of ether oxygens (including phenoxy) is 4. The minimum absolute atomic E-state index is 0.105. The van der Waals surface area contributed by atoms with Gasteiger partial charge in [0.25, 0.3) is 0 Å². The summed E-state index contributed by atoms with van der Waals surface area (Å²) in [5, 5.41) is 10.6. The van der Waals surface area contributed by atoms with E-state index >= 15 is 0 Å². The first-order valence-electron chi connectivity index (χ1n) is 39.5. The smallest absolute Gasteiger partial charge is 0.462 e. The van der Waals surface area contributed by atoms with E-state index in [0.717, 1.165) is 108 Å². The second kappa shape index (κ2) is 67.9. The van der Waals surface area contributed by atoms with E-state index in [9.17, 15) is 43.2 Å². The Labute approximate surface area is 581 Å². The minimum atomic E-state index is -4.96. The summed E-state index contributed by atoms with van der Waals surface area (Å²) in [7, 11) is -9.90. The molecule has 19 heteroatoms. The number of esters is 4. The van der Waals surface area contributed by atoms with Gasteiger partial charge in [-0.2, -0.15) is 0 Å². The molecule has 0 saturated carbocycles. The van der Waals surface area contributed by atoms with Crippen LogP contribution in [0.2, 0.25) is 0 Å². The van der Waals surface area contributed by atoms with E-state index in [0.29, 0.717) is 25.7 Å². The molecule has 0 amide bonds. The van der Waals surface area contributed by atoms with Gasteiger partial charge in [-0.15, -0.1) is 0 Å². The third-order valence-corrected chi connectivity index (χ3v) is 20.0. The number of unbranched alkanes of at least 4 members (excludes halogenated alkanes) is 44. The molecule has 0 fully saturated rings. The normalized spacial score (nSPS) is 14.3. The Morgan fingerprint density at radius 2 is 0.537 bits per heavy atom. The lowest BCUT2D eigenvalue weighted by molar-refractivity contribution is -0.161. The van der Waals surface area contributed by atoms with Crippen LogP contribution >= 0.6 is 15.6 Å². The maximum absolute atomic E-state index is 13.1. The molecule has 0 radical (unpaired) electrons. The number of carbonyl (C=O) groups is 4. The summed E-state index contributed by atoms with van der Waals surface area (Å²) in [6.07, 6.45) is 55.9. The first-order valence-corrected chi connectivity index (χ1v) is 42.5. The molecule has 0 aliphatic carbocycles. The molecule has 17 nitrogen and oxygen atoms in total. The van der Waals surface area contributed by atoms with Crippen LogP contribution in [-0.2, 0) is 65.4 Å². The number of hydrogen-bond acceptors (Lipinski definition) is 15. The highest BCUT2D eigenvalue weighted by molar-refractivity contribution is 7.47. The van der Waals surface area contributed by atoms with Gasteiger partial charge in [-0.05, 0) is 37.5 Å². The molecule has 3 unspecified atom stereocenters. The van der Waals surface area contributed by atoms with Gasteiger partial charge in [-0.3, -0.25) is 37.3 Å². The van der Waals surface area contributed by atoms with Crippen molar-refractivity contribution in [3.63, 3.8) is 0 Å². The molecule has 0 aliphatic heterocycles. The van der Waals surface area contributed by atoms with Crippen LogP contribution in [0, 0.1) is 11.8 Å². The Hall–Kier alpha value is -1.94. The summed E-state index contributed by atoms with van der Waals surface area (Å²) in [6.45, 7) is 9.55. The Bertz CT molecular complexity index is 1840. The van der Waals surface area contributed by atoms with Crippen LogP contribution in [0.1, 0.15) is 395 Å². The van der Waals surface area contributed by atoms with Gasteiger partial charge in [0.05, 0.1) is 26.4 Å². The van der Waals surface area contributed by atoms with Crippen molar-refractivity contribution >= 4 is 39.5 Å². The van der Waals surface area contributed by atoms with Crippen LogP contribution in [-0.4, -0.2) is 96.7 Å². The maximum atomic E-state index is 13.1. The second-order valence-electron chi connectivity index (χ2n) is 28.1. The van der Waals surface area contributed by atoms with Crippen LogP contribution in [0.4, 0.5) is 0 Å². The average molecular weight is 1400 g/mol. The number of carbonyl (C=O) groups excluding carboxylic acids is 4. The molecule has 564 valence electrons. The van der Waals surface area contributed by atoms with Crippen molar-refractivity contribution in [2.24, 2.45) is 11.8 Å². The maximum Gasteiger partial charge on any atom is 0.472 e. The highest BCUT2D eigenvalue weighted by atomic mass is 31.2. The Balaban J connectivity index is 5.14. The van der Waals surface area contributed by atoms with E-state index < -0.39 is 97.5 Å². The van der Waals surface area contributed by atoms with Crippen LogP contribution in [0.5, 0.6) is 0 Å². The topological polar surface area (TPSA) is 237 Å². The molecule has 0 aromatic rings. The number of hydrogen-bond donors (Lipinski definition) is 3. The molecule has 95 heavy (non-hydrogen) atoms. The standard InChI is InChI=1S/C76H148O17P2/c1-7-10-12-14-15-16-17-18-19-20-21-22-23-28-31-37-42-48-54-60-76(81)93-72(65-87-74(79)59-53-47-41-36-30-27-25-24-26-29-35-40-46-51-57-69(6)9-3)67-91-95(84,85)89-63-70(77)62-88-94(82,83)90-66-71(64-86-73(78)58-52-44-13-11-8-2)92-75(80)61-55-49-43-38-33-32-34-39-45-50-56-68(4)5/h68-72,77H,7-67H2,1-6H3,(H,82,83)(H,84,85)/t69?,70-,71+,72+/m0/s1. The van der Waals surface area contributed by atoms with E-state index in [2.05, 4.69) is 41.5 Å². The molecule has 0 spiro atoms. The first kappa shape index (κ1) is 93.1.